The molecule has 4 aromatic rings. The molecule has 11 nitrogen and oxygen atoms in total. The summed E-state index contributed by atoms with van der Waals surface area (Å²) in [6.07, 6.45) is 0. The Bertz CT molecular complexity index is 1500. The van der Waals surface area contributed by atoms with Gasteiger partial charge >= 0.3 is 0 Å². The molecule has 0 atom stereocenters. The molecule has 0 radical (unpaired) electrons. The Balaban J connectivity index is 0.00000133. The van der Waals surface area contributed by atoms with Crippen molar-refractivity contribution < 1.29 is 32.4 Å². The minimum absolute atomic E-state index is 0.0493. The fourth-order valence-electron chi connectivity index (χ4n) is 3.62. The van der Waals surface area contributed by atoms with Gasteiger partial charge in [-0.3, -0.25) is 0 Å². The highest BCUT2D eigenvalue weighted by Crippen LogP contribution is 2.48. The summed E-state index contributed by atoms with van der Waals surface area (Å²) in [7, 11) is -3.97. The first-order chi connectivity index (χ1) is 16.4. The predicted octanol–water partition coefficient (Wildman–Crippen LogP) is 4.36. The lowest BCUT2D eigenvalue weighted by Gasteiger charge is -2.07. The van der Waals surface area contributed by atoms with Gasteiger partial charge in [0.05, 0.1) is 51.4 Å². The first kappa shape index (κ1) is 24.7. The number of hydrogen-bond donors (Lipinski definition) is 3. The van der Waals surface area contributed by atoms with Crippen molar-refractivity contribution in [2.24, 2.45) is 11.0 Å². The molecule has 1 heterocycles. The Morgan fingerprint density at radius 3 is 2.24 bits per heavy atom. The maximum atomic E-state index is 12.1. The second kappa shape index (κ2) is 10.1. The van der Waals surface area contributed by atoms with Crippen molar-refractivity contribution in [3.05, 3.63) is 42.5 Å². The molecule has 0 unspecified atom stereocenters. The smallest absolute Gasteiger partial charge is 0.238 e. The summed E-state index contributed by atoms with van der Waals surface area (Å²) in [6, 6.07) is 11.7. The van der Waals surface area contributed by atoms with Crippen LogP contribution in [0.25, 0.3) is 44.3 Å². The minimum Gasteiger partial charge on any atom is -0.244 e. The van der Waals surface area contributed by atoms with E-state index in [0.717, 1.165) is 35.0 Å². The van der Waals surface area contributed by atoms with E-state index >= 15 is 0 Å². The van der Waals surface area contributed by atoms with Crippen LogP contribution in [-0.4, -0.2) is 23.6 Å². The van der Waals surface area contributed by atoms with Crippen molar-refractivity contribution in [1.82, 2.24) is 9.97 Å². The highest BCUT2D eigenvalue weighted by Gasteiger charge is 2.28. The molecular formula is C20H18N4O7S3. The third kappa shape index (κ3) is 4.60. The van der Waals surface area contributed by atoms with E-state index in [-0.39, 0.29) is 4.90 Å². The molecule has 3 aromatic carbocycles. The molecular weight excluding hydrogens is 504 g/mol. The van der Waals surface area contributed by atoms with Crippen LogP contribution in [-0.2, 0) is 28.7 Å². The number of nitrogens with zero attached hydrogens (tertiary/aromatic N) is 2. The molecule has 0 saturated heterocycles. The van der Waals surface area contributed by atoms with Crippen LogP contribution in [0.5, 0.6) is 0 Å². The first-order valence-electron chi connectivity index (χ1n) is 9.71. The van der Waals surface area contributed by atoms with Crippen LogP contribution in [0.15, 0.2) is 57.2 Å². The lowest BCUT2D eigenvalue weighted by atomic mass is 10.0. The van der Waals surface area contributed by atoms with Crippen LogP contribution in [0.1, 0.15) is 13.8 Å². The number of aromatic nitrogens is 2. The Kier molecular flexibility index (Phi) is 7.34. The number of hydrogen-bond acceptors (Lipinski definition) is 12. The molecule has 5 rings (SSSR count). The molecule has 34 heavy (non-hydrogen) atoms. The zero-order chi connectivity index (χ0) is 24.5. The number of sulfonamides is 1. The van der Waals surface area contributed by atoms with Gasteiger partial charge in [0.25, 0.3) is 0 Å². The van der Waals surface area contributed by atoms with E-state index in [9.17, 15) is 8.42 Å². The van der Waals surface area contributed by atoms with E-state index in [4.69, 9.17) is 30.6 Å². The summed E-state index contributed by atoms with van der Waals surface area (Å²) in [4.78, 5) is 14.8. The third-order valence-corrected chi connectivity index (χ3v) is 6.84. The van der Waals surface area contributed by atoms with Gasteiger partial charge in [0.15, 0.2) is 0 Å². The van der Waals surface area contributed by atoms with E-state index in [1.165, 1.54) is 12.1 Å². The monoisotopic (exact) mass is 522 g/mol. The molecule has 1 aliphatic carbocycles. The molecule has 0 bridgehead atoms. The summed E-state index contributed by atoms with van der Waals surface area (Å²) >= 11 is 1.66. The highest BCUT2D eigenvalue weighted by atomic mass is 32.2. The maximum absolute atomic E-state index is 12.1. The zero-order valence-electron chi connectivity index (χ0n) is 17.7. The first-order valence-corrected chi connectivity index (χ1v) is 12.7. The lowest BCUT2D eigenvalue weighted by Crippen LogP contribution is -2.12. The van der Waals surface area contributed by atoms with Crippen molar-refractivity contribution in [1.29, 1.82) is 0 Å². The Morgan fingerprint density at radius 2 is 1.56 bits per heavy atom. The van der Waals surface area contributed by atoms with Gasteiger partial charge in [-0.25, -0.2) is 28.8 Å². The largest absolute Gasteiger partial charge is 0.244 e. The fourth-order valence-corrected chi connectivity index (χ4v) is 5.05. The molecule has 0 saturated carbocycles. The minimum atomic E-state index is -3.97. The van der Waals surface area contributed by atoms with Crippen LogP contribution in [0, 0.1) is 0 Å². The number of nitrogens with two attached hydrogens (primary N) is 2. The molecule has 0 spiro atoms. The van der Waals surface area contributed by atoms with Gasteiger partial charge in [-0.2, -0.15) is 5.90 Å². The lowest BCUT2D eigenvalue weighted by molar-refractivity contribution is -0.432. The number of rotatable bonds is 7. The summed E-state index contributed by atoms with van der Waals surface area (Å²) in [5, 5.41) is 18.8. The maximum Gasteiger partial charge on any atom is 0.238 e. The fraction of sp³-hybridized carbons (Fsp3) is 0.100. The molecule has 5 N–H and O–H groups in total. The van der Waals surface area contributed by atoms with Gasteiger partial charge < -0.3 is 0 Å². The molecule has 178 valence electrons. The van der Waals surface area contributed by atoms with Crippen molar-refractivity contribution >= 4 is 55.9 Å². The van der Waals surface area contributed by atoms with Gasteiger partial charge in [-0.15, -0.1) is 13.7 Å². The topological polar surface area (TPSA) is 169 Å². The van der Waals surface area contributed by atoms with E-state index in [1.54, 1.807) is 24.3 Å². The molecule has 0 aliphatic heterocycles. The van der Waals surface area contributed by atoms with Crippen LogP contribution in [0.4, 0.5) is 0 Å². The summed E-state index contributed by atoms with van der Waals surface area (Å²) in [5.41, 5.74) is 3.56. The van der Waals surface area contributed by atoms with Crippen molar-refractivity contribution in [2.45, 2.75) is 28.5 Å². The highest BCUT2D eigenvalue weighted by molar-refractivity contribution is 7.94. The second-order valence-corrected chi connectivity index (χ2v) is 9.74. The molecule has 14 heteroatoms. The predicted molar refractivity (Wildman–Crippen MR) is 127 cm³/mol. The van der Waals surface area contributed by atoms with Gasteiger partial charge in [0, 0.05) is 26.3 Å². The van der Waals surface area contributed by atoms with Crippen LogP contribution in [0.3, 0.4) is 0 Å². The van der Waals surface area contributed by atoms with Crippen molar-refractivity contribution in [3.8, 4) is 22.5 Å². The summed E-state index contributed by atoms with van der Waals surface area (Å²) < 4.78 is 33.4. The van der Waals surface area contributed by atoms with E-state index < -0.39 is 10.0 Å². The van der Waals surface area contributed by atoms with Crippen LogP contribution < -0.4 is 11.0 Å². The average molecular weight is 523 g/mol. The Hall–Kier alpha value is -2.37. The third-order valence-electron chi connectivity index (χ3n) is 4.80. The van der Waals surface area contributed by atoms with Gasteiger partial charge in [-0.05, 0) is 47.9 Å². The van der Waals surface area contributed by atoms with Gasteiger partial charge in [-0.1, -0.05) is 18.9 Å². The summed E-state index contributed by atoms with van der Waals surface area (Å²) in [5.74, 6) is 4.94. The number of benzene rings is 3. The summed E-state index contributed by atoms with van der Waals surface area (Å²) in [6.45, 7) is 4.00. The zero-order valence-corrected chi connectivity index (χ0v) is 20.2. The normalized spacial score (nSPS) is 12.0. The van der Waals surface area contributed by atoms with Crippen molar-refractivity contribution in [2.75, 3.05) is 0 Å². The van der Waals surface area contributed by atoms with E-state index in [2.05, 4.69) is 14.4 Å². The quantitative estimate of drug-likeness (QED) is 0.157. The molecule has 1 aliphatic rings. The molecule has 1 aromatic heterocycles. The van der Waals surface area contributed by atoms with Crippen LogP contribution >= 0.6 is 24.1 Å². The Morgan fingerprint density at radius 1 is 0.882 bits per heavy atom. The van der Waals surface area contributed by atoms with Gasteiger partial charge in [0.2, 0.25) is 10.0 Å². The SMILES string of the molecule is CC.NOOSc1cc2c3c(cc(S(N)(=O)=O)cc3c1)-c1nc3ccc(SOOO)cc3nc1-2. The van der Waals surface area contributed by atoms with Crippen molar-refractivity contribution in [3.63, 3.8) is 0 Å². The number of primary sulfonamides is 1. The van der Waals surface area contributed by atoms with E-state index in [0.29, 0.717) is 43.2 Å². The molecule has 0 amide bonds. The van der Waals surface area contributed by atoms with E-state index in [1.807, 2.05) is 19.9 Å². The molecule has 0 fully saturated rings. The standard InChI is InChI=1S/C18H12N4O7S3.C2H6/c19-26-28-31-10-3-8-4-11(32(20,24)25)7-13-16(8)12(5-10)17-18(13)21-14-2-1-9(30-29-27-23)6-15(14)22-17;1-2/h1-7,23H,19H2,(H2,20,24,25);1-2H3. The Labute approximate surface area is 202 Å². The second-order valence-electron chi connectivity index (χ2n) is 6.63. The number of fused-ring (bicyclic) bond motifs is 4. The van der Waals surface area contributed by atoms with Gasteiger partial charge in [0.1, 0.15) is 0 Å². The average Bonchev–Trinajstić information content (AvgIpc) is 3.14. The van der Waals surface area contributed by atoms with Crippen LogP contribution in [0.2, 0.25) is 0 Å².